The fraction of sp³-hybridized carbons (Fsp3) is 0.357. The van der Waals surface area contributed by atoms with Gasteiger partial charge in [0.25, 0.3) is 0 Å². The summed E-state index contributed by atoms with van der Waals surface area (Å²) in [7, 11) is 0. The molecular formula is C14H16ClNOS. The van der Waals surface area contributed by atoms with Crippen LogP contribution in [-0.4, -0.2) is 4.98 Å². The van der Waals surface area contributed by atoms with E-state index in [-0.39, 0.29) is 6.10 Å². The van der Waals surface area contributed by atoms with E-state index in [2.05, 4.69) is 18.8 Å². The molecule has 4 heteroatoms. The summed E-state index contributed by atoms with van der Waals surface area (Å²) in [6.07, 6.45) is 0.901. The third-order valence-corrected chi connectivity index (χ3v) is 3.91. The third kappa shape index (κ3) is 3.24. The van der Waals surface area contributed by atoms with Crippen LogP contribution in [0.25, 0.3) is 0 Å². The number of rotatable bonds is 5. The van der Waals surface area contributed by atoms with Crippen LogP contribution in [0.15, 0.2) is 29.6 Å². The standard InChI is InChI=1S/C14H16ClNOS/c1-3-13(14-16-11(8-15)9-18-14)17-12-6-4-10(2)5-7-12/h4-7,9,13H,3,8H2,1-2H3. The van der Waals surface area contributed by atoms with E-state index in [0.29, 0.717) is 5.88 Å². The molecule has 1 atom stereocenters. The second-order valence-corrected chi connectivity index (χ2v) is 5.30. The first kappa shape index (κ1) is 13.4. The lowest BCUT2D eigenvalue weighted by Gasteiger charge is -2.15. The van der Waals surface area contributed by atoms with Crippen LogP contribution in [0.3, 0.4) is 0 Å². The Morgan fingerprint density at radius 1 is 1.33 bits per heavy atom. The molecule has 2 aromatic rings. The third-order valence-electron chi connectivity index (χ3n) is 2.65. The predicted molar refractivity (Wildman–Crippen MR) is 76.5 cm³/mol. The van der Waals surface area contributed by atoms with Crippen LogP contribution in [0.4, 0.5) is 0 Å². The van der Waals surface area contributed by atoms with Crippen LogP contribution < -0.4 is 4.74 Å². The lowest BCUT2D eigenvalue weighted by atomic mass is 10.2. The Morgan fingerprint density at radius 3 is 2.61 bits per heavy atom. The van der Waals surface area contributed by atoms with Crippen LogP contribution >= 0.6 is 22.9 Å². The first-order chi connectivity index (χ1) is 8.72. The van der Waals surface area contributed by atoms with E-state index in [0.717, 1.165) is 22.9 Å². The van der Waals surface area contributed by atoms with Crippen LogP contribution in [0.1, 0.15) is 35.7 Å². The van der Waals surface area contributed by atoms with Gasteiger partial charge in [-0.2, -0.15) is 0 Å². The Labute approximate surface area is 117 Å². The smallest absolute Gasteiger partial charge is 0.150 e. The van der Waals surface area contributed by atoms with Gasteiger partial charge in [0.15, 0.2) is 0 Å². The normalized spacial score (nSPS) is 12.4. The van der Waals surface area contributed by atoms with Gasteiger partial charge >= 0.3 is 0 Å². The number of hydrogen-bond acceptors (Lipinski definition) is 3. The number of nitrogens with zero attached hydrogens (tertiary/aromatic N) is 1. The van der Waals surface area contributed by atoms with Crippen molar-refractivity contribution < 1.29 is 4.74 Å². The molecule has 0 saturated heterocycles. The van der Waals surface area contributed by atoms with E-state index in [1.54, 1.807) is 11.3 Å². The van der Waals surface area contributed by atoms with Gasteiger partial charge in [-0.05, 0) is 25.5 Å². The molecule has 18 heavy (non-hydrogen) atoms. The van der Waals surface area contributed by atoms with Crippen LogP contribution in [0.2, 0.25) is 0 Å². The molecule has 0 radical (unpaired) electrons. The quantitative estimate of drug-likeness (QED) is 0.740. The molecule has 1 heterocycles. The zero-order chi connectivity index (χ0) is 13.0. The minimum Gasteiger partial charge on any atom is -0.483 e. The molecule has 0 bridgehead atoms. The highest BCUT2D eigenvalue weighted by Crippen LogP contribution is 2.27. The monoisotopic (exact) mass is 281 g/mol. The first-order valence-corrected chi connectivity index (χ1v) is 7.38. The van der Waals surface area contributed by atoms with Crippen LogP contribution in [0.5, 0.6) is 5.75 Å². The molecule has 0 amide bonds. The first-order valence-electron chi connectivity index (χ1n) is 5.96. The maximum atomic E-state index is 5.97. The van der Waals surface area contributed by atoms with Gasteiger partial charge in [-0.1, -0.05) is 24.6 Å². The summed E-state index contributed by atoms with van der Waals surface area (Å²) in [6.45, 7) is 4.16. The zero-order valence-electron chi connectivity index (χ0n) is 10.5. The van der Waals surface area contributed by atoms with Gasteiger partial charge in [-0.3, -0.25) is 0 Å². The second kappa shape index (κ2) is 6.21. The largest absolute Gasteiger partial charge is 0.483 e. The molecule has 1 aromatic heterocycles. The Hall–Kier alpha value is -1.06. The molecule has 2 nitrogen and oxygen atoms in total. The number of benzene rings is 1. The summed E-state index contributed by atoms with van der Waals surface area (Å²) in [6, 6.07) is 8.09. The van der Waals surface area contributed by atoms with Crippen molar-refractivity contribution in [3.63, 3.8) is 0 Å². The van der Waals surface area contributed by atoms with Crippen molar-refractivity contribution in [1.29, 1.82) is 0 Å². The van der Waals surface area contributed by atoms with Crippen molar-refractivity contribution in [2.75, 3.05) is 0 Å². The molecular weight excluding hydrogens is 266 g/mol. The lowest BCUT2D eigenvalue weighted by Crippen LogP contribution is -2.06. The van der Waals surface area contributed by atoms with E-state index in [1.165, 1.54) is 5.56 Å². The van der Waals surface area contributed by atoms with E-state index in [4.69, 9.17) is 16.3 Å². The number of aromatic nitrogens is 1. The van der Waals surface area contributed by atoms with Crippen molar-refractivity contribution in [2.24, 2.45) is 0 Å². The Kier molecular flexibility index (Phi) is 4.61. The lowest BCUT2D eigenvalue weighted by molar-refractivity contribution is 0.200. The average Bonchev–Trinajstić information content (AvgIpc) is 2.87. The van der Waals surface area contributed by atoms with E-state index >= 15 is 0 Å². The second-order valence-electron chi connectivity index (χ2n) is 4.14. The topological polar surface area (TPSA) is 22.1 Å². The highest BCUT2D eigenvalue weighted by Gasteiger charge is 2.15. The molecule has 1 unspecified atom stereocenters. The van der Waals surface area contributed by atoms with Gasteiger partial charge in [0.1, 0.15) is 16.9 Å². The fourth-order valence-corrected chi connectivity index (χ4v) is 2.78. The zero-order valence-corrected chi connectivity index (χ0v) is 12.1. The van der Waals surface area contributed by atoms with E-state index < -0.39 is 0 Å². The summed E-state index contributed by atoms with van der Waals surface area (Å²) in [4.78, 5) is 4.48. The van der Waals surface area contributed by atoms with Crippen molar-refractivity contribution in [3.8, 4) is 5.75 Å². The molecule has 0 spiro atoms. The van der Waals surface area contributed by atoms with Gasteiger partial charge < -0.3 is 4.74 Å². The van der Waals surface area contributed by atoms with Crippen LogP contribution in [0, 0.1) is 6.92 Å². The van der Waals surface area contributed by atoms with E-state index in [9.17, 15) is 0 Å². The highest BCUT2D eigenvalue weighted by molar-refractivity contribution is 7.09. The van der Waals surface area contributed by atoms with Crippen molar-refractivity contribution in [2.45, 2.75) is 32.3 Å². The van der Waals surface area contributed by atoms with Gasteiger partial charge in [-0.15, -0.1) is 22.9 Å². The Balaban J connectivity index is 2.11. The summed E-state index contributed by atoms with van der Waals surface area (Å²) in [5, 5.41) is 2.98. The number of ether oxygens (including phenoxy) is 1. The molecule has 0 fully saturated rings. The molecule has 0 aliphatic rings. The Morgan fingerprint density at radius 2 is 2.06 bits per heavy atom. The molecule has 96 valence electrons. The average molecular weight is 282 g/mol. The van der Waals surface area contributed by atoms with Gasteiger partial charge in [0, 0.05) is 5.38 Å². The fourth-order valence-electron chi connectivity index (χ4n) is 1.62. The maximum absolute atomic E-state index is 5.97. The van der Waals surface area contributed by atoms with Crippen LogP contribution in [-0.2, 0) is 5.88 Å². The van der Waals surface area contributed by atoms with E-state index in [1.807, 2.05) is 29.6 Å². The molecule has 0 N–H and O–H groups in total. The van der Waals surface area contributed by atoms with Crippen molar-refractivity contribution in [1.82, 2.24) is 4.98 Å². The Bertz CT molecular complexity index is 495. The minimum absolute atomic E-state index is 0.00896. The summed E-state index contributed by atoms with van der Waals surface area (Å²) in [5.41, 5.74) is 2.15. The van der Waals surface area contributed by atoms with Gasteiger partial charge in [0.2, 0.25) is 0 Å². The number of hydrogen-bond donors (Lipinski definition) is 0. The van der Waals surface area contributed by atoms with Crippen molar-refractivity contribution >= 4 is 22.9 Å². The maximum Gasteiger partial charge on any atom is 0.150 e. The molecule has 0 aliphatic heterocycles. The number of alkyl halides is 1. The predicted octanol–water partition coefficient (Wildman–Crippen LogP) is 4.72. The van der Waals surface area contributed by atoms with Crippen molar-refractivity contribution in [3.05, 3.63) is 45.9 Å². The molecule has 2 rings (SSSR count). The molecule has 0 saturated carbocycles. The summed E-state index contributed by atoms with van der Waals surface area (Å²) >= 11 is 7.38. The minimum atomic E-state index is 0.00896. The molecule has 0 aliphatic carbocycles. The number of aryl methyl sites for hydroxylation is 1. The molecule has 1 aromatic carbocycles. The van der Waals surface area contributed by atoms with Gasteiger partial charge in [0.05, 0.1) is 11.6 Å². The number of thiazole rings is 1. The van der Waals surface area contributed by atoms with Gasteiger partial charge in [-0.25, -0.2) is 4.98 Å². The summed E-state index contributed by atoms with van der Waals surface area (Å²) in [5.74, 6) is 1.34. The SMILES string of the molecule is CCC(Oc1ccc(C)cc1)c1nc(CCl)cs1. The number of halogens is 1. The summed E-state index contributed by atoms with van der Waals surface area (Å²) < 4.78 is 5.97. The highest BCUT2D eigenvalue weighted by atomic mass is 35.5.